The van der Waals surface area contributed by atoms with Crippen LogP contribution >= 0.6 is 0 Å². The van der Waals surface area contributed by atoms with Gasteiger partial charge in [0.05, 0.1) is 18.6 Å². The number of rotatable bonds is 9. The maximum Gasteiger partial charge on any atom is 0.343 e. The van der Waals surface area contributed by atoms with E-state index in [9.17, 15) is 17.6 Å². The Morgan fingerprint density at radius 1 is 1.26 bits per heavy atom. The maximum absolute atomic E-state index is 15.2. The van der Waals surface area contributed by atoms with Gasteiger partial charge in [-0.15, -0.1) is 0 Å². The fraction of sp³-hybridized carbons (Fsp3) is 0.400. The summed E-state index contributed by atoms with van der Waals surface area (Å²) < 4.78 is 68.7. The molecular weight excluding hydrogens is 478 g/mol. The predicted octanol–water partition coefficient (Wildman–Crippen LogP) is 4.40. The Labute approximate surface area is 203 Å². The lowest BCUT2D eigenvalue weighted by atomic mass is 10.00. The van der Waals surface area contributed by atoms with E-state index in [1.54, 1.807) is 6.08 Å². The van der Waals surface area contributed by atoms with Crippen molar-refractivity contribution in [3.63, 3.8) is 0 Å². The predicted molar refractivity (Wildman–Crippen MR) is 128 cm³/mol. The molecule has 1 saturated carbocycles. The van der Waals surface area contributed by atoms with Crippen LogP contribution < -0.4 is 9.46 Å². The number of sulfonamides is 1. The zero-order valence-electron chi connectivity index (χ0n) is 19.8. The molecular formula is C25H28F2N2O5S. The highest BCUT2D eigenvalue weighted by Crippen LogP contribution is 2.56. The summed E-state index contributed by atoms with van der Waals surface area (Å²) in [6.45, 7) is 6.50. The van der Waals surface area contributed by atoms with E-state index >= 15 is 4.39 Å². The minimum absolute atomic E-state index is 0.0713. The number of likely N-dealkylation sites (N-methyl/N-ethyl adjacent to an activating group) is 1. The fourth-order valence-electron chi connectivity index (χ4n) is 4.38. The van der Waals surface area contributed by atoms with Gasteiger partial charge in [0, 0.05) is 18.0 Å². The van der Waals surface area contributed by atoms with E-state index in [1.165, 1.54) is 12.1 Å². The number of benzene rings is 2. The van der Waals surface area contributed by atoms with Gasteiger partial charge in [-0.2, -0.15) is 0 Å². The number of hydrogen-bond acceptors (Lipinski definition) is 6. The summed E-state index contributed by atoms with van der Waals surface area (Å²) in [5.41, 5.74) is -0.238. The number of hydrogen-bond donors (Lipinski definition) is 1. The minimum Gasteiger partial charge on any atom is -0.492 e. The summed E-state index contributed by atoms with van der Waals surface area (Å²) in [7, 11) is -3.30. The molecule has 7 nitrogen and oxygen atoms in total. The molecule has 0 aromatic heterocycles. The largest absolute Gasteiger partial charge is 0.492 e. The van der Waals surface area contributed by atoms with Gasteiger partial charge in [0.2, 0.25) is 0 Å². The number of halogens is 2. The number of anilines is 1. The summed E-state index contributed by atoms with van der Waals surface area (Å²) in [5, 5.41) is 0. The molecule has 0 bridgehead atoms. The first kappa shape index (κ1) is 25.1. The summed E-state index contributed by atoms with van der Waals surface area (Å²) in [6.07, 6.45) is 4.06. The standard InChI is InChI=1S/C25H28F2N2O5S/c1-4-29(5-2)10-6-7-15-11-17(26)8-9-21(15)35(31,32)28-23-20(27)13-19-18-12-16(18)14-34-24(19)22(23)25(30)33-3/h6-9,11,13,16,18,28H,4-5,10,12,14H2,1-3H3/b7-6-. The van der Waals surface area contributed by atoms with Crippen molar-refractivity contribution in [3.05, 3.63) is 58.7 Å². The van der Waals surface area contributed by atoms with Gasteiger partial charge in [0.1, 0.15) is 28.6 Å². The first-order valence-electron chi connectivity index (χ1n) is 11.5. The number of ether oxygens (including phenoxy) is 2. The normalized spacial score (nSPS) is 18.7. The van der Waals surface area contributed by atoms with Gasteiger partial charge < -0.3 is 14.4 Å². The number of nitrogens with one attached hydrogen (secondary N) is 1. The third-order valence-electron chi connectivity index (χ3n) is 6.47. The van der Waals surface area contributed by atoms with E-state index in [1.807, 2.05) is 13.8 Å². The van der Waals surface area contributed by atoms with E-state index in [0.29, 0.717) is 18.7 Å². The Balaban J connectivity index is 1.74. The molecule has 35 heavy (non-hydrogen) atoms. The Kier molecular flexibility index (Phi) is 7.14. The number of carbonyl (C=O) groups is 1. The zero-order chi connectivity index (χ0) is 25.3. The van der Waals surface area contributed by atoms with Crippen LogP contribution in [0.5, 0.6) is 5.75 Å². The second kappa shape index (κ2) is 9.94. The van der Waals surface area contributed by atoms with Crippen molar-refractivity contribution in [2.45, 2.75) is 31.1 Å². The van der Waals surface area contributed by atoms with Crippen molar-refractivity contribution in [2.75, 3.05) is 38.1 Å². The van der Waals surface area contributed by atoms with Crippen LogP contribution in [0.2, 0.25) is 0 Å². The fourth-order valence-corrected chi connectivity index (χ4v) is 5.64. The van der Waals surface area contributed by atoms with Crippen molar-refractivity contribution < 1.29 is 31.5 Å². The molecule has 1 aliphatic heterocycles. The molecule has 0 spiro atoms. The monoisotopic (exact) mass is 506 g/mol. The summed E-state index contributed by atoms with van der Waals surface area (Å²) in [6, 6.07) is 4.42. The van der Waals surface area contributed by atoms with Crippen LogP contribution in [0.15, 0.2) is 35.2 Å². The first-order chi connectivity index (χ1) is 16.7. The maximum atomic E-state index is 15.2. The van der Waals surface area contributed by atoms with Gasteiger partial charge in [0.15, 0.2) is 0 Å². The zero-order valence-corrected chi connectivity index (χ0v) is 20.6. The summed E-state index contributed by atoms with van der Waals surface area (Å²) in [4.78, 5) is 14.4. The molecule has 0 saturated heterocycles. The second-order valence-electron chi connectivity index (χ2n) is 8.61. The molecule has 1 heterocycles. The molecule has 2 unspecified atom stereocenters. The molecule has 10 heteroatoms. The van der Waals surface area contributed by atoms with E-state index in [4.69, 9.17) is 9.47 Å². The Morgan fingerprint density at radius 2 is 2.00 bits per heavy atom. The Hall–Kier alpha value is -2.98. The van der Waals surface area contributed by atoms with Crippen LogP contribution in [-0.4, -0.2) is 52.6 Å². The summed E-state index contributed by atoms with van der Waals surface area (Å²) >= 11 is 0. The number of methoxy groups -OCH3 is 1. The van der Waals surface area contributed by atoms with E-state index < -0.39 is 33.3 Å². The van der Waals surface area contributed by atoms with Gasteiger partial charge in [0.25, 0.3) is 10.0 Å². The SMILES string of the molecule is CCN(CC)C/C=C\c1cc(F)ccc1S(=O)(=O)Nc1c(F)cc2c(c1C(=O)OC)OCC1CC21. The minimum atomic E-state index is -4.42. The van der Waals surface area contributed by atoms with Crippen molar-refractivity contribution in [1.29, 1.82) is 0 Å². The Morgan fingerprint density at radius 3 is 2.69 bits per heavy atom. The third-order valence-corrected chi connectivity index (χ3v) is 7.89. The molecule has 2 aromatic carbocycles. The molecule has 0 amide bonds. The first-order valence-corrected chi connectivity index (χ1v) is 13.0. The second-order valence-corrected chi connectivity index (χ2v) is 10.3. The topological polar surface area (TPSA) is 84.9 Å². The lowest BCUT2D eigenvalue weighted by Crippen LogP contribution is -2.22. The number of nitrogens with zero attached hydrogens (tertiary/aromatic N) is 1. The third kappa shape index (κ3) is 5.04. The highest BCUT2D eigenvalue weighted by Gasteiger charge is 2.46. The van der Waals surface area contributed by atoms with Crippen LogP contribution in [0, 0.1) is 17.6 Å². The quantitative estimate of drug-likeness (QED) is 0.508. The molecule has 0 radical (unpaired) electrons. The van der Waals surface area contributed by atoms with Crippen molar-refractivity contribution in [3.8, 4) is 5.75 Å². The highest BCUT2D eigenvalue weighted by atomic mass is 32.2. The van der Waals surface area contributed by atoms with Gasteiger partial charge in [-0.1, -0.05) is 26.0 Å². The molecule has 2 atom stereocenters. The molecule has 2 aliphatic rings. The average molecular weight is 507 g/mol. The van der Waals surface area contributed by atoms with Crippen LogP contribution in [-0.2, 0) is 14.8 Å². The average Bonchev–Trinajstić information content (AvgIpc) is 3.62. The number of esters is 1. The van der Waals surface area contributed by atoms with Gasteiger partial charge >= 0.3 is 5.97 Å². The van der Waals surface area contributed by atoms with Gasteiger partial charge in [-0.05, 0) is 55.3 Å². The Bertz CT molecular complexity index is 1280. The van der Waals surface area contributed by atoms with Crippen molar-refractivity contribution >= 4 is 27.8 Å². The van der Waals surface area contributed by atoms with Crippen LogP contribution in [0.3, 0.4) is 0 Å². The van der Waals surface area contributed by atoms with Crippen LogP contribution in [0.4, 0.5) is 14.5 Å². The number of carbonyl (C=O) groups excluding carboxylic acids is 1. The van der Waals surface area contributed by atoms with Crippen molar-refractivity contribution in [1.82, 2.24) is 4.90 Å². The smallest absolute Gasteiger partial charge is 0.343 e. The van der Waals surface area contributed by atoms with Crippen molar-refractivity contribution in [2.24, 2.45) is 5.92 Å². The molecule has 1 fully saturated rings. The lowest BCUT2D eigenvalue weighted by molar-refractivity contribution is 0.0595. The van der Waals surface area contributed by atoms with E-state index in [0.717, 1.165) is 44.8 Å². The summed E-state index contributed by atoms with van der Waals surface area (Å²) in [5.74, 6) is -1.98. The molecule has 1 aliphatic carbocycles. The number of fused-ring (bicyclic) bond motifs is 3. The molecule has 2 aromatic rings. The molecule has 4 rings (SSSR count). The van der Waals surface area contributed by atoms with E-state index in [2.05, 4.69) is 9.62 Å². The molecule has 1 N–H and O–H groups in total. The molecule has 188 valence electrons. The van der Waals surface area contributed by atoms with Crippen LogP contribution in [0.1, 0.15) is 47.7 Å². The van der Waals surface area contributed by atoms with Gasteiger partial charge in [-0.3, -0.25) is 4.72 Å². The van der Waals surface area contributed by atoms with E-state index in [-0.39, 0.29) is 33.6 Å². The lowest BCUT2D eigenvalue weighted by Gasteiger charge is -2.22. The van der Waals surface area contributed by atoms with Crippen LogP contribution in [0.25, 0.3) is 6.08 Å². The highest BCUT2D eigenvalue weighted by molar-refractivity contribution is 7.92. The van der Waals surface area contributed by atoms with Gasteiger partial charge in [-0.25, -0.2) is 22.0 Å².